The molecule has 3 heterocycles. The molecule has 3 nitrogen and oxygen atoms in total. The zero-order valence-electron chi connectivity index (χ0n) is 11.7. The number of methoxy groups -OCH3 is 1. The van der Waals surface area contributed by atoms with Crippen molar-refractivity contribution in [1.29, 1.82) is 0 Å². The zero-order chi connectivity index (χ0) is 13.7. The Labute approximate surface area is 127 Å². The van der Waals surface area contributed by atoms with Gasteiger partial charge in [-0.3, -0.25) is 4.79 Å². The smallest absolute Gasteiger partial charge is 0.264 e. The summed E-state index contributed by atoms with van der Waals surface area (Å²) < 4.78 is 5.73. The van der Waals surface area contributed by atoms with Gasteiger partial charge in [-0.15, -0.1) is 23.1 Å². The number of thiophene rings is 1. The van der Waals surface area contributed by atoms with Crippen LogP contribution in [0.25, 0.3) is 0 Å². The van der Waals surface area contributed by atoms with E-state index in [0.29, 0.717) is 6.10 Å². The Hall–Kier alpha value is -0.520. The molecule has 20 heavy (non-hydrogen) atoms. The summed E-state index contributed by atoms with van der Waals surface area (Å²) in [6.07, 6.45) is 5.07. The van der Waals surface area contributed by atoms with Gasteiger partial charge in [0, 0.05) is 30.8 Å². The van der Waals surface area contributed by atoms with Gasteiger partial charge < -0.3 is 9.64 Å². The number of carbonyl (C=O) groups excluding carboxylic acids is 1. The third-order valence-corrected chi connectivity index (χ3v) is 7.51. The van der Waals surface area contributed by atoms with Crippen molar-refractivity contribution in [3.05, 3.63) is 21.4 Å². The van der Waals surface area contributed by atoms with Crippen molar-refractivity contribution in [1.82, 2.24) is 4.90 Å². The van der Waals surface area contributed by atoms with E-state index in [1.165, 1.54) is 23.3 Å². The average Bonchev–Trinajstić information content (AvgIpc) is 3.08. The highest BCUT2D eigenvalue weighted by atomic mass is 32.2. The van der Waals surface area contributed by atoms with E-state index >= 15 is 0 Å². The van der Waals surface area contributed by atoms with E-state index in [0.717, 1.165) is 36.6 Å². The Bertz CT molecular complexity index is 527. The van der Waals surface area contributed by atoms with Crippen LogP contribution in [0.5, 0.6) is 0 Å². The maximum Gasteiger partial charge on any atom is 0.264 e. The SMILES string of the molecule is CO[C@H]1CSC2(C1)CN(C(=O)c1cc3c(s1)CCC3)C2. The highest BCUT2D eigenvalue weighted by Gasteiger charge is 2.51. The molecule has 3 aliphatic rings. The second-order valence-electron chi connectivity index (χ2n) is 6.13. The summed E-state index contributed by atoms with van der Waals surface area (Å²) in [5.74, 6) is 1.32. The Morgan fingerprint density at radius 3 is 3.00 bits per heavy atom. The van der Waals surface area contributed by atoms with Crippen molar-refractivity contribution >= 4 is 29.0 Å². The fraction of sp³-hybridized carbons (Fsp3) is 0.667. The standard InChI is InChI=1S/C15H19NO2S2/c1-18-11-6-15(19-7-11)8-16(9-15)14(17)13-5-10-3-2-4-12(10)20-13/h5,11H,2-4,6-9H2,1H3/t11-/m1/s1. The molecule has 0 saturated carbocycles. The van der Waals surface area contributed by atoms with E-state index in [1.807, 2.05) is 16.7 Å². The molecule has 0 N–H and O–H groups in total. The van der Waals surface area contributed by atoms with Crippen LogP contribution in [0.2, 0.25) is 0 Å². The van der Waals surface area contributed by atoms with E-state index in [4.69, 9.17) is 4.74 Å². The molecule has 1 atom stereocenters. The van der Waals surface area contributed by atoms with Crippen LogP contribution in [0, 0.1) is 0 Å². The number of rotatable bonds is 2. The predicted molar refractivity (Wildman–Crippen MR) is 82.9 cm³/mol. The number of thioether (sulfide) groups is 1. The second kappa shape index (κ2) is 4.75. The molecular formula is C15H19NO2S2. The third kappa shape index (κ3) is 2.02. The van der Waals surface area contributed by atoms with Gasteiger partial charge in [0.05, 0.1) is 15.7 Å². The fourth-order valence-corrected chi connectivity index (χ4v) is 6.37. The minimum absolute atomic E-state index is 0.247. The zero-order valence-corrected chi connectivity index (χ0v) is 13.3. The van der Waals surface area contributed by atoms with Crippen molar-refractivity contribution in [3.63, 3.8) is 0 Å². The van der Waals surface area contributed by atoms with E-state index in [9.17, 15) is 4.79 Å². The second-order valence-corrected chi connectivity index (χ2v) is 8.75. The molecule has 4 rings (SSSR count). The number of hydrogen-bond donors (Lipinski definition) is 0. The molecule has 0 radical (unpaired) electrons. The summed E-state index contributed by atoms with van der Waals surface area (Å²) in [7, 11) is 1.79. The quantitative estimate of drug-likeness (QED) is 0.841. The van der Waals surface area contributed by atoms with Crippen LogP contribution >= 0.6 is 23.1 Å². The molecule has 0 unspecified atom stereocenters. The third-order valence-electron chi connectivity index (χ3n) is 4.71. The van der Waals surface area contributed by atoms with Crippen LogP contribution in [-0.2, 0) is 17.6 Å². The number of ether oxygens (including phenoxy) is 1. The molecule has 1 amide bonds. The summed E-state index contributed by atoms with van der Waals surface area (Å²) in [4.78, 5) is 16.9. The van der Waals surface area contributed by atoms with Crippen LogP contribution in [0.4, 0.5) is 0 Å². The highest BCUT2D eigenvalue weighted by molar-refractivity contribution is 8.01. The summed E-state index contributed by atoms with van der Waals surface area (Å²) in [6.45, 7) is 1.80. The minimum atomic E-state index is 0.247. The lowest BCUT2D eigenvalue weighted by Gasteiger charge is -2.47. The van der Waals surface area contributed by atoms with Crippen LogP contribution < -0.4 is 0 Å². The van der Waals surface area contributed by atoms with Gasteiger partial charge in [0.25, 0.3) is 5.91 Å². The Kier molecular flexibility index (Phi) is 3.13. The van der Waals surface area contributed by atoms with Crippen molar-refractivity contribution < 1.29 is 9.53 Å². The summed E-state index contributed by atoms with van der Waals surface area (Å²) in [6, 6.07) is 2.14. The molecule has 1 spiro atoms. The number of nitrogens with zero attached hydrogens (tertiary/aromatic N) is 1. The molecule has 2 saturated heterocycles. The lowest BCUT2D eigenvalue weighted by atomic mass is 9.93. The first kappa shape index (κ1) is 13.2. The molecule has 0 bridgehead atoms. The first-order valence-corrected chi connectivity index (χ1v) is 9.07. The molecule has 0 aromatic carbocycles. The van der Waals surface area contributed by atoms with E-state index in [2.05, 4.69) is 6.07 Å². The Morgan fingerprint density at radius 2 is 2.30 bits per heavy atom. The lowest BCUT2D eigenvalue weighted by molar-refractivity contribution is 0.0456. The van der Waals surface area contributed by atoms with Crippen molar-refractivity contribution in [2.45, 2.75) is 36.5 Å². The average molecular weight is 309 g/mol. The number of aryl methyl sites for hydroxylation is 2. The van der Waals surface area contributed by atoms with Gasteiger partial charge in [-0.2, -0.15) is 0 Å². The Morgan fingerprint density at radius 1 is 1.45 bits per heavy atom. The van der Waals surface area contributed by atoms with E-state index in [1.54, 1.807) is 18.4 Å². The maximum absolute atomic E-state index is 12.5. The molecule has 108 valence electrons. The van der Waals surface area contributed by atoms with Gasteiger partial charge in [-0.05, 0) is 37.3 Å². The molecule has 2 fully saturated rings. The lowest BCUT2D eigenvalue weighted by Crippen LogP contribution is -2.60. The topological polar surface area (TPSA) is 29.5 Å². The molecular weight excluding hydrogens is 290 g/mol. The van der Waals surface area contributed by atoms with Crippen molar-refractivity contribution in [2.75, 3.05) is 26.0 Å². The highest BCUT2D eigenvalue weighted by Crippen LogP contribution is 2.46. The van der Waals surface area contributed by atoms with E-state index < -0.39 is 0 Å². The van der Waals surface area contributed by atoms with Gasteiger partial charge >= 0.3 is 0 Å². The fourth-order valence-electron chi connectivity index (χ4n) is 3.56. The van der Waals surface area contributed by atoms with Crippen LogP contribution in [0.3, 0.4) is 0 Å². The summed E-state index contributed by atoms with van der Waals surface area (Å²) in [5.41, 5.74) is 1.42. The number of likely N-dealkylation sites (tertiary alicyclic amines) is 1. The number of hydrogen-bond acceptors (Lipinski definition) is 4. The first-order chi connectivity index (χ1) is 9.69. The van der Waals surface area contributed by atoms with Gasteiger partial charge in [-0.25, -0.2) is 0 Å². The number of carbonyl (C=O) groups is 1. The molecule has 1 aromatic heterocycles. The van der Waals surface area contributed by atoms with Gasteiger partial charge in [0.2, 0.25) is 0 Å². The number of amides is 1. The van der Waals surface area contributed by atoms with Gasteiger partial charge in [0.1, 0.15) is 0 Å². The van der Waals surface area contributed by atoms with Crippen LogP contribution in [0.15, 0.2) is 6.07 Å². The van der Waals surface area contributed by atoms with E-state index in [-0.39, 0.29) is 10.7 Å². The van der Waals surface area contributed by atoms with Gasteiger partial charge in [0.15, 0.2) is 0 Å². The molecule has 1 aliphatic carbocycles. The first-order valence-electron chi connectivity index (χ1n) is 7.27. The van der Waals surface area contributed by atoms with Crippen LogP contribution in [0.1, 0.15) is 33.0 Å². The molecule has 2 aliphatic heterocycles. The predicted octanol–water partition coefficient (Wildman–Crippen LogP) is 2.58. The van der Waals surface area contributed by atoms with Crippen molar-refractivity contribution in [2.24, 2.45) is 0 Å². The van der Waals surface area contributed by atoms with Crippen LogP contribution in [-0.4, -0.2) is 47.6 Å². The summed E-state index contributed by atoms with van der Waals surface area (Å²) in [5, 5.41) is 0. The normalized spacial score (nSPS) is 26.9. The van der Waals surface area contributed by atoms with Crippen molar-refractivity contribution in [3.8, 4) is 0 Å². The Balaban J connectivity index is 1.41. The molecule has 1 aromatic rings. The molecule has 5 heteroatoms. The largest absolute Gasteiger partial charge is 0.381 e. The van der Waals surface area contributed by atoms with Gasteiger partial charge in [-0.1, -0.05) is 0 Å². The number of fused-ring (bicyclic) bond motifs is 1. The summed E-state index contributed by atoms with van der Waals surface area (Å²) >= 11 is 3.71. The monoisotopic (exact) mass is 309 g/mol. The minimum Gasteiger partial charge on any atom is -0.381 e. The maximum atomic E-state index is 12.5.